The minimum absolute atomic E-state index is 0.209. The van der Waals surface area contributed by atoms with Gasteiger partial charge < -0.3 is 0 Å². The molecule has 0 aliphatic carbocycles. The fourth-order valence-corrected chi connectivity index (χ4v) is 1.44. The maximum Gasteiger partial charge on any atom is 0.513 e. The fraction of sp³-hybridized carbons (Fsp3) is 1.00. The topological polar surface area (TPSA) is 35.5 Å². The number of alkyl halides is 3. The smallest absolute Gasteiger partial charge is 0.284 e. The number of rotatable bonds is 7. The van der Waals surface area contributed by atoms with Crippen molar-refractivity contribution in [3.8, 4) is 0 Å². The highest BCUT2D eigenvalue weighted by Gasteiger charge is 2.34. The Morgan fingerprint density at radius 2 is 1.80 bits per heavy atom. The average molecular weight is 252 g/mol. The van der Waals surface area contributed by atoms with Crippen LogP contribution in [-0.2, 0) is 13.6 Å². The van der Waals surface area contributed by atoms with Crippen LogP contribution < -0.4 is 0 Å². The van der Waals surface area contributed by atoms with Crippen LogP contribution in [-0.4, -0.2) is 19.4 Å². The Balaban J connectivity index is 3.73. The van der Waals surface area contributed by atoms with E-state index in [0.29, 0.717) is 6.42 Å². The van der Waals surface area contributed by atoms with Gasteiger partial charge in [-0.2, -0.15) is 13.2 Å². The number of hydrogen-bond acceptors (Lipinski definition) is 3. The first-order valence-electron chi connectivity index (χ1n) is 4.42. The molecular weight excluding hydrogens is 239 g/mol. The highest BCUT2D eigenvalue weighted by atomic mass is 31.2. The van der Waals surface area contributed by atoms with Crippen molar-refractivity contribution in [2.75, 3.05) is 13.2 Å². The minimum atomic E-state index is -5.05. The van der Waals surface area contributed by atoms with E-state index >= 15 is 0 Å². The lowest BCUT2D eigenvalue weighted by Crippen LogP contribution is -2.15. The third-order valence-corrected chi connectivity index (χ3v) is 2.30. The lowest BCUT2D eigenvalue weighted by molar-refractivity contribution is -0.156. The van der Waals surface area contributed by atoms with Crippen LogP contribution in [0.15, 0.2) is 0 Å². The normalized spacial score (nSPS) is 16.3. The van der Waals surface area contributed by atoms with Crippen LogP contribution in [0.2, 0.25) is 0 Å². The van der Waals surface area contributed by atoms with Crippen LogP contribution in [0.4, 0.5) is 17.4 Å². The maximum atomic E-state index is 12.7. The van der Waals surface area contributed by atoms with Crippen LogP contribution in [0.5, 0.6) is 0 Å². The molecule has 0 fully saturated rings. The minimum Gasteiger partial charge on any atom is -0.284 e. The molecule has 3 nitrogen and oxygen atoms in total. The van der Waals surface area contributed by atoms with Crippen molar-refractivity contribution in [1.29, 1.82) is 0 Å². The van der Waals surface area contributed by atoms with E-state index < -0.39 is 20.7 Å². The van der Waals surface area contributed by atoms with E-state index in [4.69, 9.17) is 0 Å². The number of unbranched alkanes of at least 4 members (excludes halogenated alkanes) is 2. The molecule has 0 bridgehead atoms. The van der Waals surface area contributed by atoms with Crippen molar-refractivity contribution in [3.63, 3.8) is 0 Å². The molecule has 92 valence electrons. The number of hydrogen-bond donors (Lipinski definition) is 0. The van der Waals surface area contributed by atoms with Gasteiger partial charge in [-0.05, 0) is 6.42 Å². The first-order chi connectivity index (χ1) is 6.77. The molecule has 15 heavy (non-hydrogen) atoms. The molecule has 1 atom stereocenters. The monoisotopic (exact) mass is 252 g/mol. The fourth-order valence-electron chi connectivity index (χ4n) is 0.713. The lowest BCUT2D eigenvalue weighted by atomic mass is 10.3. The van der Waals surface area contributed by atoms with Gasteiger partial charge in [-0.25, -0.2) is 4.57 Å². The van der Waals surface area contributed by atoms with Gasteiger partial charge >= 0.3 is 14.1 Å². The highest BCUT2D eigenvalue weighted by Crippen LogP contribution is 2.50. The van der Waals surface area contributed by atoms with Crippen molar-refractivity contribution in [2.24, 2.45) is 0 Å². The summed E-state index contributed by atoms with van der Waals surface area (Å²) in [5.74, 6) is 0. The molecular formula is C7H13F4O3P. The Labute approximate surface area is 85.4 Å². The predicted octanol–water partition coefficient (Wildman–Crippen LogP) is 3.85. The Hall–Kier alpha value is -0.130. The molecule has 8 heteroatoms. The second kappa shape index (κ2) is 6.45. The van der Waals surface area contributed by atoms with Crippen LogP contribution in [0.3, 0.4) is 0 Å². The zero-order chi connectivity index (χ0) is 11.9. The Bertz CT molecular complexity index is 219. The molecule has 0 saturated carbocycles. The van der Waals surface area contributed by atoms with Crippen molar-refractivity contribution >= 4 is 7.91 Å². The summed E-state index contributed by atoms with van der Waals surface area (Å²) in [6.07, 6.45) is -2.73. The van der Waals surface area contributed by atoms with Crippen LogP contribution >= 0.6 is 7.91 Å². The van der Waals surface area contributed by atoms with Gasteiger partial charge in [0.25, 0.3) is 0 Å². The van der Waals surface area contributed by atoms with Gasteiger partial charge in [-0.3, -0.25) is 9.05 Å². The summed E-state index contributed by atoms with van der Waals surface area (Å²) in [6, 6.07) is 0. The molecule has 0 heterocycles. The van der Waals surface area contributed by atoms with E-state index in [0.717, 1.165) is 12.8 Å². The second-order valence-corrected chi connectivity index (χ2v) is 4.24. The molecule has 0 radical (unpaired) electrons. The van der Waals surface area contributed by atoms with Crippen molar-refractivity contribution < 1.29 is 31.0 Å². The Morgan fingerprint density at radius 1 is 1.20 bits per heavy atom. The first-order valence-corrected chi connectivity index (χ1v) is 5.86. The molecule has 0 aromatic heterocycles. The lowest BCUT2D eigenvalue weighted by Gasteiger charge is -2.11. The summed E-state index contributed by atoms with van der Waals surface area (Å²) in [7, 11) is -5.05. The van der Waals surface area contributed by atoms with Crippen molar-refractivity contribution in [2.45, 2.75) is 32.4 Å². The quantitative estimate of drug-likeness (QED) is 0.392. The Kier molecular flexibility index (Phi) is 6.40. The number of halogens is 4. The largest absolute Gasteiger partial charge is 0.513 e. The van der Waals surface area contributed by atoms with Gasteiger partial charge in [-0.1, -0.05) is 19.8 Å². The van der Waals surface area contributed by atoms with Gasteiger partial charge in [0.15, 0.2) is 6.61 Å². The van der Waals surface area contributed by atoms with Crippen LogP contribution in [0, 0.1) is 0 Å². The maximum absolute atomic E-state index is 12.7. The SMILES string of the molecule is CCCCCOP(=O)(F)OCC(F)(F)F. The second-order valence-electron chi connectivity index (χ2n) is 2.86. The first kappa shape index (κ1) is 14.9. The molecule has 0 aliphatic heterocycles. The van der Waals surface area contributed by atoms with E-state index in [1.54, 1.807) is 0 Å². The zero-order valence-electron chi connectivity index (χ0n) is 8.22. The molecule has 0 rings (SSSR count). The standard InChI is InChI=1S/C7H13F4O3P/c1-2-3-4-5-13-15(11,12)14-6-7(8,9)10/h2-6H2,1H3. The van der Waals surface area contributed by atoms with Crippen LogP contribution in [0.25, 0.3) is 0 Å². The molecule has 0 spiro atoms. The van der Waals surface area contributed by atoms with Crippen molar-refractivity contribution in [3.05, 3.63) is 0 Å². The van der Waals surface area contributed by atoms with Crippen LogP contribution in [0.1, 0.15) is 26.2 Å². The van der Waals surface area contributed by atoms with E-state index in [1.807, 2.05) is 6.92 Å². The van der Waals surface area contributed by atoms with Gasteiger partial charge in [0, 0.05) is 0 Å². The van der Waals surface area contributed by atoms with E-state index in [1.165, 1.54) is 0 Å². The third-order valence-electron chi connectivity index (χ3n) is 1.38. The molecule has 0 saturated heterocycles. The summed E-state index contributed by atoms with van der Waals surface area (Å²) in [6.45, 7) is -0.233. The summed E-state index contributed by atoms with van der Waals surface area (Å²) in [4.78, 5) is 0. The van der Waals surface area contributed by atoms with Gasteiger partial charge in [0.2, 0.25) is 0 Å². The average Bonchev–Trinajstić information content (AvgIpc) is 2.09. The van der Waals surface area contributed by atoms with E-state index in [-0.39, 0.29) is 6.61 Å². The Morgan fingerprint density at radius 3 is 2.27 bits per heavy atom. The highest BCUT2D eigenvalue weighted by molar-refractivity contribution is 7.48. The van der Waals surface area contributed by atoms with Gasteiger partial charge in [-0.15, -0.1) is 4.20 Å². The zero-order valence-corrected chi connectivity index (χ0v) is 9.11. The summed E-state index contributed by atoms with van der Waals surface area (Å²) in [5, 5.41) is 0. The third kappa shape index (κ3) is 10.2. The van der Waals surface area contributed by atoms with E-state index in [9.17, 15) is 21.9 Å². The molecule has 0 amide bonds. The molecule has 1 unspecified atom stereocenters. The van der Waals surface area contributed by atoms with Gasteiger partial charge in [0.05, 0.1) is 6.61 Å². The van der Waals surface area contributed by atoms with Crippen molar-refractivity contribution in [1.82, 2.24) is 0 Å². The summed E-state index contributed by atoms with van der Waals surface area (Å²) < 4.78 is 65.6. The molecule has 0 aromatic rings. The van der Waals surface area contributed by atoms with Gasteiger partial charge in [0.1, 0.15) is 0 Å². The summed E-state index contributed by atoms with van der Waals surface area (Å²) >= 11 is 0. The molecule has 0 aliphatic rings. The molecule has 0 N–H and O–H groups in total. The predicted molar refractivity (Wildman–Crippen MR) is 46.2 cm³/mol. The molecule has 0 aromatic carbocycles. The summed E-state index contributed by atoms with van der Waals surface area (Å²) in [5.41, 5.74) is 0. The van der Waals surface area contributed by atoms with E-state index in [2.05, 4.69) is 9.05 Å².